The average molecular weight is 504 g/mol. The van der Waals surface area contributed by atoms with E-state index in [0.717, 1.165) is 38.5 Å². The number of aliphatic hydroxyl groups excluding tert-OH is 1. The molecule has 0 aromatic rings. The van der Waals surface area contributed by atoms with Crippen molar-refractivity contribution in [3.05, 3.63) is 12.2 Å². The summed E-state index contributed by atoms with van der Waals surface area (Å²) in [5.74, 6) is -0.255. The highest BCUT2D eigenvalue weighted by Crippen LogP contribution is 2.52. The predicted molar refractivity (Wildman–Crippen MR) is 127 cm³/mol. The Morgan fingerprint density at radius 2 is 1.92 bits per heavy atom. The maximum atomic E-state index is 13.6. The zero-order chi connectivity index (χ0) is 25.4. The Hall–Kier alpha value is -2.62. The van der Waals surface area contributed by atoms with Crippen LogP contribution in [-0.2, 0) is 23.9 Å². The Balaban J connectivity index is 1.31. The molecule has 0 radical (unpaired) electrons. The Morgan fingerprint density at radius 3 is 2.67 bits per heavy atom. The molecule has 0 aromatic heterocycles. The van der Waals surface area contributed by atoms with Gasteiger partial charge in [0.15, 0.2) is 0 Å². The number of allylic oxidation sites excluding steroid dienone is 1. The SMILES string of the molecule is COC(=O)[C@@]12C[C@H]1/C=C\CCCCC[C@H](NC(=O)O[C@@H]1C[C@@H]3C[C@@H]3C1)C(=O)N1C[C@@H](O)C[C@H]1C(=O)N2. The molecule has 4 fully saturated rings. The van der Waals surface area contributed by atoms with Crippen LogP contribution in [0.15, 0.2) is 12.2 Å². The normalized spacial score (nSPS) is 40.9. The van der Waals surface area contributed by atoms with Crippen molar-refractivity contribution in [2.45, 2.75) is 94.0 Å². The number of nitrogens with zero attached hydrogens (tertiary/aromatic N) is 1. The van der Waals surface area contributed by atoms with E-state index in [1.165, 1.54) is 18.4 Å². The highest BCUT2D eigenvalue weighted by molar-refractivity contribution is 5.96. The summed E-state index contributed by atoms with van der Waals surface area (Å²) in [5.41, 5.74) is -1.14. The molecule has 2 aliphatic heterocycles. The molecule has 0 spiro atoms. The second-order valence-corrected chi connectivity index (χ2v) is 11.2. The molecule has 198 valence electrons. The lowest BCUT2D eigenvalue weighted by molar-refractivity contribution is -0.148. The van der Waals surface area contributed by atoms with Gasteiger partial charge >= 0.3 is 12.1 Å². The van der Waals surface area contributed by atoms with Gasteiger partial charge in [-0.05, 0) is 56.8 Å². The van der Waals surface area contributed by atoms with E-state index in [1.54, 1.807) is 0 Å². The number of aliphatic hydroxyl groups is 1. The molecule has 2 heterocycles. The zero-order valence-electron chi connectivity index (χ0n) is 20.8. The van der Waals surface area contributed by atoms with Gasteiger partial charge in [0.2, 0.25) is 11.8 Å². The summed E-state index contributed by atoms with van der Waals surface area (Å²) in [6, 6.07) is -1.79. The van der Waals surface area contributed by atoms with E-state index in [-0.39, 0.29) is 25.0 Å². The molecule has 5 rings (SSSR count). The van der Waals surface area contributed by atoms with E-state index in [1.807, 2.05) is 12.2 Å². The number of hydrogen-bond donors (Lipinski definition) is 3. The van der Waals surface area contributed by atoms with Crippen molar-refractivity contribution in [1.82, 2.24) is 15.5 Å². The largest absolute Gasteiger partial charge is 0.467 e. The summed E-state index contributed by atoms with van der Waals surface area (Å²) in [6.07, 6.45) is 9.62. The third-order valence-electron chi connectivity index (χ3n) is 8.57. The molecular formula is C26H37N3O7. The molecule has 1 saturated heterocycles. The van der Waals surface area contributed by atoms with E-state index in [4.69, 9.17) is 9.47 Å². The fraction of sp³-hybridized carbons (Fsp3) is 0.769. The summed E-state index contributed by atoms with van der Waals surface area (Å²) in [6.45, 7) is -0.00924. The molecule has 0 aromatic carbocycles. The molecule has 3 aliphatic carbocycles. The first kappa shape index (κ1) is 25.0. The van der Waals surface area contributed by atoms with Crippen molar-refractivity contribution >= 4 is 23.9 Å². The summed E-state index contributed by atoms with van der Waals surface area (Å²) in [4.78, 5) is 53.5. The van der Waals surface area contributed by atoms with Crippen LogP contribution in [0.2, 0.25) is 0 Å². The summed E-state index contributed by atoms with van der Waals surface area (Å²) >= 11 is 0. The number of carbonyl (C=O) groups is 4. The number of nitrogens with one attached hydrogen (secondary N) is 2. The predicted octanol–water partition coefficient (Wildman–Crippen LogP) is 1.41. The molecular weight excluding hydrogens is 466 g/mol. The molecule has 36 heavy (non-hydrogen) atoms. The van der Waals surface area contributed by atoms with Crippen LogP contribution in [0.1, 0.15) is 64.2 Å². The third kappa shape index (κ3) is 5.10. The molecule has 3 saturated carbocycles. The number of carbonyl (C=O) groups excluding carboxylic acids is 4. The van der Waals surface area contributed by atoms with Crippen LogP contribution in [0, 0.1) is 17.8 Å². The van der Waals surface area contributed by atoms with Crippen molar-refractivity contribution in [1.29, 1.82) is 0 Å². The van der Waals surface area contributed by atoms with Gasteiger partial charge in [0.1, 0.15) is 23.7 Å². The fourth-order valence-corrected chi connectivity index (χ4v) is 6.33. The molecule has 8 atom stereocenters. The highest BCUT2D eigenvalue weighted by atomic mass is 16.6. The maximum Gasteiger partial charge on any atom is 0.408 e. The topological polar surface area (TPSA) is 134 Å². The lowest BCUT2D eigenvalue weighted by atomic mass is 10.0. The number of alkyl carbamates (subject to hydrolysis) is 1. The van der Waals surface area contributed by atoms with Crippen molar-refractivity contribution in [3.8, 4) is 0 Å². The van der Waals surface area contributed by atoms with Crippen LogP contribution < -0.4 is 10.6 Å². The number of amides is 3. The minimum absolute atomic E-state index is 0.00924. The molecule has 10 heteroatoms. The summed E-state index contributed by atoms with van der Waals surface area (Å²) in [7, 11) is 1.29. The lowest BCUT2D eigenvalue weighted by Crippen LogP contribution is -2.56. The van der Waals surface area contributed by atoms with Crippen LogP contribution in [0.3, 0.4) is 0 Å². The minimum atomic E-state index is -1.14. The minimum Gasteiger partial charge on any atom is -0.467 e. The van der Waals surface area contributed by atoms with Gasteiger partial charge < -0.3 is 30.1 Å². The van der Waals surface area contributed by atoms with Crippen molar-refractivity contribution < 1.29 is 33.8 Å². The quantitative estimate of drug-likeness (QED) is 0.392. The van der Waals surface area contributed by atoms with Gasteiger partial charge in [-0.15, -0.1) is 0 Å². The van der Waals surface area contributed by atoms with E-state index in [9.17, 15) is 24.3 Å². The molecule has 3 amide bonds. The number of rotatable bonds is 3. The lowest BCUT2D eigenvalue weighted by Gasteiger charge is -2.29. The molecule has 0 bridgehead atoms. The van der Waals surface area contributed by atoms with Gasteiger partial charge in [-0.3, -0.25) is 9.59 Å². The Kier molecular flexibility index (Phi) is 6.98. The first-order valence-corrected chi connectivity index (χ1v) is 13.3. The number of fused-ring (bicyclic) bond motifs is 3. The van der Waals surface area contributed by atoms with Gasteiger partial charge in [-0.25, -0.2) is 9.59 Å². The van der Waals surface area contributed by atoms with Gasteiger partial charge in [0.05, 0.1) is 13.2 Å². The first-order chi connectivity index (χ1) is 17.3. The van der Waals surface area contributed by atoms with Gasteiger partial charge in [0.25, 0.3) is 0 Å². The van der Waals surface area contributed by atoms with E-state index >= 15 is 0 Å². The Labute approximate surface area is 211 Å². The maximum absolute atomic E-state index is 13.6. The van der Waals surface area contributed by atoms with Crippen LogP contribution in [0.4, 0.5) is 4.79 Å². The van der Waals surface area contributed by atoms with E-state index in [2.05, 4.69) is 10.6 Å². The second-order valence-electron chi connectivity index (χ2n) is 11.2. The third-order valence-corrected chi connectivity index (χ3v) is 8.57. The zero-order valence-corrected chi connectivity index (χ0v) is 20.8. The highest BCUT2D eigenvalue weighted by Gasteiger charge is 2.62. The van der Waals surface area contributed by atoms with Crippen molar-refractivity contribution in [3.63, 3.8) is 0 Å². The number of ether oxygens (including phenoxy) is 2. The first-order valence-electron chi connectivity index (χ1n) is 13.3. The number of esters is 1. The standard InChI is InChI=1S/C26H37N3O7/c1-35-24(33)26-13-17(26)7-5-3-2-4-6-8-20(27-25(34)36-19-10-15-9-16(15)11-19)23(32)29-14-18(30)12-21(29)22(31)28-26/h5,7,15-21,30H,2-4,6,8-14H2,1H3,(H,27,34)(H,28,31)/b7-5-/t15-,16+,17-,18+,19+,20+,21+,26-/m1/s1. The summed E-state index contributed by atoms with van der Waals surface area (Å²) < 4.78 is 10.6. The number of methoxy groups -OCH3 is 1. The summed E-state index contributed by atoms with van der Waals surface area (Å²) in [5, 5.41) is 15.9. The number of hydrogen-bond acceptors (Lipinski definition) is 7. The smallest absolute Gasteiger partial charge is 0.408 e. The molecule has 5 aliphatic rings. The van der Waals surface area contributed by atoms with Crippen LogP contribution in [0.25, 0.3) is 0 Å². The van der Waals surface area contributed by atoms with Gasteiger partial charge in [-0.1, -0.05) is 25.0 Å². The van der Waals surface area contributed by atoms with Crippen molar-refractivity contribution in [2.75, 3.05) is 13.7 Å². The van der Waals surface area contributed by atoms with Crippen molar-refractivity contribution in [2.24, 2.45) is 17.8 Å². The van der Waals surface area contributed by atoms with E-state index < -0.39 is 47.6 Å². The molecule has 10 nitrogen and oxygen atoms in total. The fourth-order valence-electron chi connectivity index (χ4n) is 6.33. The monoisotopic (exact) mass is 503 g/mol. The second kappa shape index (κ2) is 10.0. The molecule has 0 unspecified atom stereocenters. The Bertz CT molecular complexity index is 928. The van der Waals surface area contributed by atoms with Gasteiger partial charge in [0, 0.05) is 18.9 Å². The Morgan fingerprint density at radius 1 is 1.14 bits per heavy atom. The van der Waals surface area contributed by atoms with Gasteiger partial charge in [-0.2, -0.15) is 0 Å². The van der Waals surface area contributed by atoms with Crippen LogP contribution >= 0.6 is 0 Å². The van der Waals surface area contributed by atoms with E-state index in [0.29, 0.717) is 24.7 Å². The van der Waals surface area contributed by atoms with Crippen LogP contribution in [0.5, 0.6) is 0 Å². The van der Waals surface area contributed by atoms with Crippen LogP contribution in [-0.4, -0.2) is 77.4 Å². The molecule has 3 N–H and O–H groups in total. The average Bonchev–Trinajstić information content (AvgIpc) is 3.65.